The molecule has 0 amide bonds. The van der Waals surface area contributed by atoms with Crippen molar-refractivity contribution in [1.29, 1.82) is 0 Å². The fourth-order valence-corrected chi connectivity index (χ4v) is 7.01. The van der Waals surface area contributed by atoms with Gasteiger partial charge in [-0.3, -0.25) is 18.9 Å². The molecule has 1 fully saturated rings. The lowest BCUT2D eigenvalue weighted by atomic mass is 9.87. The zero-order valence-corrected chi connectivity index (χ0v) is 36.1. The van der Waals surface area contributed by atoms with Gasteiger partial charge in [-0.1, -0.05) is 113 Å². The van der Waals surface area contributed by atoms with Crippen LogP contribution in [0.3, 0.4) is 0 Å². The smallest absolute Gasteiger partial charge is 0.462 e. The Balaban J connectivity index is 2.32. The van der Waals surface area contributed by atoms with E-state index in [9.17, 15) is 34.3 Å². The van der Waals surface area contributed by atoms with Crippen molar-refractivity contribution in [3.05, 3.63) is 60.8 Å². The van der Waals surface area contributed by atoms with Crippen LogP contribution in [0.2, 0.25) is 0 Å². The molecule has 0 bridgehead atoms. The van der Waals surface area contributed by atoms with Crippen LogP contribution in [0, 0.1) is 11.8 Å². The quantitative estimate of drug-likeness (QED) is 0.0176. The number of allylic oxidation sites excluding steroid dienone is 8. The fraction of sp³-hybridized carbons (Fsp3) is 0.711. The number of hydrogen-bond acceptors (Lipinski definition) is 10. The number of Topliss-reactive ketones (excluding diaryl/α,β-unsaturated/α-hetero) is 1. The van der Waals surface area contributed by atoms with Crippen molar-refractivity contribution in [2.24, 2.45) is 11.8 Å². The van der Waals surface area contributed by atoms with Gasteiger partial charge in [0.25, 0.3) is 0 Å². The van der Waals surface area contributed by atoms with E-state index in [1.165, 1.54) is 19.3 Å². The van der Waals surface area contributed by atoms with Crippen LogP contribution in [0.1, 0.15) is 155 Å². The summed E-state index contributed by atoms with van der Waals surface area (Å²) in [6, 6.07) is 0. The predicted molar refractivity (Wildman–Crippen MR) is 227 cm³/mol. The summed E-state index contributed by atoms with van der Waals surface area (Å²) < 4.78 is 26.3. The van der Waals surface area contributed by atoms with Crippen molar-refractivity contribution in [2.75, 3.05) is 13.2 Å². The summed E-state index contributed by atoms with van der Waals surface area (Å²) in [6.07, 6.45) is 32.9. The number of carbonyl (C=O) groups excluding carboxylic acids is 3. The zero-order valence-electron chi connectivity index (χ0n) is 35.2. The molecule has 58 heavy (non-hydrogen) atoms. The molecule has 1 saturated carbocycles. The number of carbonyl (C=O) groups is 3. The normalized spacial score (nSPS) is 20.0. The number of ketones is 1. The monoisotopic (exact) mass is 838 g/mol. The highest BCUT2D eigenvalue weighted by Crippen LogP contribution is 2.37. The van der Waals surface area contributed by atoms with Crippen LogP contribution in [0.5, 0.6) is 0 Å². The number of esters is 2. The number of unbranched alkanes of at least 4 members (excludes halogenated alkanes) is 9. The van der Waals surface area contributed by atoms with Crippen molar-refractivity contribution in [1.82, 2.24) is 0 Å². The van der Waals surface area contributed by atoms with Gasteiger partial charge < -0.3 is 34.6 Å². The van der Waals surface area contributed by atoms with Crippen molar-refractivity contribution in [3.63, 3.8) is 0 Å². The summed E-state index contributed by atoms with van der Waals surface area (Å²) in [4.78, 5) is 55.9. The Labute approximate surface area is 348 Å². The van der Waals surface area contributed by atoms with E-state index in [1.54, 1.807) is 12.2 Å². The Bertz CT molecular complexity index is 1300. The van der Waals surface area contributed by atoms with E-state index >= 15 is 0 Å². The van der Waals surface area contributed by atoms with E-state index in [0.717, 1.165) is 64.2 Å². The molecule has 0 aromatic carbocycles. The standard InChI is InChI=1S/C45H75O12P/c1-3-5-7-8-9-10-11-12-13-14-15-16-17-18-19-20-21-22-24-29-44(50)55-35-39(36-56-58(52,53)54)57-45(51)30-26-25-28-38(47)33-41-40(42(48)34-43(41)49)32-31-37(46)27-23-6-4-2/h9-10,12-13,15-16,18-19,31-32,37,39-43,46,48-49H,3-8,11,14,17,20-30,33-36H2,1-2H3,(H2,52,53,54)/b10-9-,13-12-,16-15-,19-18-,32-31+/t37-,39+,40+,41+,42+,43-/m0/s1. The molecule has 0 unspecified atom stereocenters. The van der Waals surface area contributed by atoms with Gasteiger partial charge in [-0.05, 0) is 70.6 Å². The third kappa shape index (κ3) is 29.5. The first-order valence-corrected chi connectivity index (χ1v) is 23.3. The highest BCUT2D eigenvalue weighted by atomic mass is 31.2. The predicted octanol–water partition coefficient (Wildman–Crippen LogP) is 8.85. The summed E-state index contributed by atoms with van der Waals surface area (Å²) in [7, 11) is -4.87. The second-order valence-electron chi connectivity index (χ2n) is 15.3. The van der Waals surface area contributed by atoms with E-state index in [1.807, 2.05) is 0 Å². The maximum atomic E-state index is 12.8. The first-order valence-electron chi connectivity index (χ1n) is 21.8. The SMILES string of the molecule is CCCCC/C=C\C/C=C\C/C=C\C/C=C\CCCCCC(=O)OC[C@H](COP(=O)(O)O)OC(=O)CCCCC(=O)C[C@@H]1[C@@H](/C=C/[C@@H](O)CCCCC)[C@H](O)C[C@@H]1O. The summed E-state index contributed by atoms with van der Waals surface area (Å²) in [5, 5.41) is 31.2. The second-order valence-corrected chi connectivity index (χ2v) is 16.5. The molecule has 6 atom stereocenters. The number of phosphoric acid groups is 1. The lowest BCUT2D eigenvalue weighted by Gasteiger charge is -2.20. The summed E-state index contributed by atoms with van der Waals surface area (Å²) in [5.41, 5.74) is 0. The van der Waals surface area contributed by atoms with Gasteiger partial charge in [0.15, 0.2) is 6.10 Å². The number of phosphoric ester groups is 1. The fourth-order valence-electron chi connectivity index (χ4n) is 6.65. The molecule has 0 aromatic rings. The third-order valence-electron chi connectivity index (χ3n) is 9.99. The Morgan fingerprint density at radius 1 is 0.690 bits per heavy atom. The average molecular weight is 839 g/mol. The van der Waals surface area contributed by atoms with Crippen LogP contribution in [-0.4, -0.2) is 80.5 Å². The largest absolute Gasteiger partial charge is 0.469 e. The molecule has 13 heteroatoms. The van der Waals surface area contributed by atoms with Crippen molar-refractivity contribution >= 4 is 25.5 Å². The van der Waals surface area contributed by atoms with Crippen LogP contribution in [-0.2, 0) is 32.9 Å². The Morgan fingerprint density at radius 3 is 1.86 bits per heavy atom. The van der Waals surface area contributed by atoms with Crippen molar-refractivity contribution < 1.29 is 58.1 Å². The van der Waals surface area contributed by atoms with Crippen LogP contribution in [0.25, 0.3) is 0 Å². The summed E-state index contributed by atoms with van der Waals surface area (Å²) in [5.74, 6) is -2.26. The average Bonchev–Trinajstić information content (AvgIpc) is 3.44. The third-order valence-corrected chi connectivity index (χ3v) is 10.5. The first kappa shape index (κ1) is 53.3. The zero-order chi connectivity index (χ0) is 42.9. The Hall–Kier alpha value is -2.70. The molecule has 0 saturated heterocycles. The van der Waals surface area contributed by atoms with Gasteiger partial charge in [-0.15, -0.1) is 0 Å². The molecule has 0 aliphatic heterocycles. The molecule has 1 rings (SSSR count). The molecule has 5 N–H and O–H groups in total. The molecule has 1 aliphatic carbocycles. The maximum Gasteiger partial charge on any atom is 0.469 e. The van der Waals surface area contributed by atoms with Gasteiger partial charge in [-0.2, -0.15) is 0 Å². The lowest BCUT2D eigenvalue weighted by molar-refractivity contribution is -0.161. The van der Waals surface area contributed by atoms with Gasteiger partial charge in [0.05, 0.1) is 24.9 Å². The minimum absolute atomic E-state index is 0.0577. The number of rotatable bonds is 35. The van der Waals surface area contributed by atoms with E-state index < -0.39 is 69.2 Å². The number of aliphatic hydroxyl groups is 3. The van der Waals surface area contributed by atoms with Gasteiger partial charge in [0.1, 0.15) is 12.4 Å². The van der Waals surface area contributed by atoms with E-state index in [2.05, 4.69) is 67.0 Å². The van der Waals surface area contributed by atoms with Gasteiger partial charge in [-0.25, -0.2) is 4.57 Å². The van der Waals surface area contributed by atoms with Crippen LogP contribution >= 0.6 is 7.82 Å². The van der Waals surface area contributed by atoms with Crippen molar-refractivity contribution in [3.8, 4) is 0 Å². The van der Waals surface area contributed by atoms with E-state index in [4.69, 9.17) is 19.3 Å². The Kier molecular flexibility index (Phi) is 31.3. The molecule has 0 radical (unpaired) electrons. The van der Waals surface area contributed by atoms with Gasteiger partial charge in [0.2, 0.25) is 0 Å². The van der Waals surface area contributed by atoms with Gasteiger partial charge >= 0.3 is 19.8 Å². The molecular weight excluding hydrogens is 763 g/mol. The van der Waals surface area contributed by atoms with Gasteiger partial charge in [0, 0.05) is 43.9 Å². The summed E-state index contributed by atoms with van der Waals surface area (Å²) >= 11 is 0. The number of ether oxygens (including phenoxy) is 2. The van der Waals surface area contributed by atoms with Crippen LogP contribution in [0.4, 0.5) is 0 Å². The van der Waals surface area contributed by atoms with E-state index in [0.29, 0.717) is 25.7 Å². The highest BCUT2D eigenvalue weighted by Gasteiger charge is 2.41. The number of hydrogen-bond donors (Lipinski definition) is 5. The van der Waals surface area contributed by atoms with Crippen LogP contribution < -0.4 is 0 Å². The molecule has 0 heterocycles. The highest BCUT2D eigenvalue weighted by molar-refractivity contribution is 7.46. The van der Waals surface area contributed by atoms with Crippen molar-refractivity contribution in [2.45, 2.75) is 180 Å². The second kappa shape index (κ2) is 34.1. The Morgan fingerprint density at radius 2 is 1.24 bits per heavy atom. The minimum atomic E-state index is -4.87. The maximum absolute atomic E-state index is 12.8. The first-order chi connectivity index (χ1) is 27.9. The molecule has 1 aliphatic rings. The molecule has 0 spiro atoms. The lowest BCUT2D eigenvalue weighted by Crippen LogP contribution is -2.29. The molecule has 332 valence electrons. The summed E-state index contributed by atoms with van der Waals surface area (Å²) in [6.45, 7) is 3.20. The topological polar surface area (TPSA) is 197 Å². The minimum Gasteiger partial charge on any atom is -0.462 e. The molecule has 0 aromatic heterocycles. The molecule has 12 nitrogen and oxygen atoms in total. The van der Waals surface area contributed by atoms with Crippen LogP contribution in [0.15, 0.2) is 60.8 Å². The molecular formula is C45H75O12P. The van der Waals surface area contributed by atoms with E-state index in [-0.39, 0.29) is 37.9 Å². The number of aliphatic hydroxyl groups excluding tert-OH is 3.